The molecule has 5 heterocycles. The number of hydrogen-bond acceptors (Lipinski definition) is 6. The van der Waals surface area contributed by atoms with Gasteiger partial charge in [0.05, 0.1) is 5.69 Å². The summed E-state index contributed by atoms with van der Waals surface area (Å²) < 4.78 is 25.5. The minimum atomic E-state index is -0.100. The van der Waals surface area contributed by atoms with Gasteiger partial charge >= 0.3 is 0 Å². The smallest absolute Gasteiger partial charge is 0.252 e. The number of furan rings is 2. The third kappa shape index (κ3) is 4.64. The Balaban J connectivity index is 1.11. The predicted octanol–water partition coefficient (Wildman–Crippen LogP) is 10.7. The van der Waals surface area contributed by atoms with Gasteiger partial charge in [-0.05, 0) is 120 Å². The first kappa shape index (κ1) is 31.3. The fourth-order valence-electron chi connectivity index (χ4n) is 9.02. The maximum absolute atomic E-state index is 6.53. The van der Waals surface area contributed by atoms with Crippen molar-refractivity contribution in [3.63, 3.8) is 0 Å². The van der Waals surface area contributed by atoms with E-state index in [0.717, 1.165) is 95.8 Å². The van der Waals surface area contributed by atoms with E-state index in [9.17, 15) is 0 Å². The molecule has 7 heteroatoms. The van der Waals surface area contributed by atoms with E-state index in [1.165, 1.54) is 16.4 Å². The lowest BCUT2D eigenvalue weighted by Gasteiger charge is -2.45. The van der Waals surface area contributed by atoms with Crippen molar-refractivity contribution in [3.8, 4) is 34.1 Å². The van der Waals surface area contributed by atoms with E-state index in [-0.39, 0.29) is 6.71 Å². The number of aryl methyl sites for hydroxylation is 1. The highest BCUT2D eigenvalue weighted by Gasteiger charge is 2.45. The Kier molecular flexibility index (Phi) is 6.67. The van der Waals surface area contributed by atoms with Crippen LogP contribution >= 0.6 is 0 Å². The number of ether oxygens (including phenoxy) is 2. The summed E-state index contributed by atoms with van der Waals surface area (Å²) in [5, 5.41) is 2.18. The lowest BCUT2D eigenvalue weighted by Crippen LogP contribution is -2.61. The van der Waals surface area contributed by atoms with Crippen LogP contribution in [0, 0.1) is 6.92 Å². The highest BCUT2D eigenvalue weighted by atomic mass is 16.6. The molecule has 0 saturated carbocycles. The third-order valence-electron chi connectivity index (χ3n) is 11.4. The summed E-state index contributed by atoms with van der Waals surface area (Å²) in [6, 6.07) is 55.7. The lowest BCUT2D eigenvalue weighted by atomic mass is 9.33. The summed E-state index contributed by atoms with van der Waals surface area (Å²) in [5.41, 5.74) is 15.1. The highest BCUT2D eigenvalue weighted by molar-refractivity contribution is 7.00. The molecule has 0 aliphatic carbocycles. The molecule has 0 amide bonds. The molecule has 266 valence electrons. The second-order valence-corrected chi connectivity index (χ2v) is 14.8. The molecule has 7 aromatic carbocycles. The van der Waals surface area contributed by atoms with Crippen molar-refractivity contribution in [1.29, 1.82) is 0 Å². The number of anilines is 6. The van der Waals surface area contributed by atoms with Crippen molar-refractivity contribution in [3.05, 3.63) is 163 Å². The highest BCUT2D eigenvalue weighted by Crippen LogP contribution is 2.50. The molecular weight excluding hydrogens is 691 g/mol. The zero-order chi connectivity index (χ0) is 36.9. The zero-order valence-electron chi connectivity index (χ0n) is 30.5. The molecule has 0 spiro atoms. The van der Waals surface area contributed by atoms with Gasteiger partial charge in [0.25, 0.3) is 6.71 Å². The van der Waals surface area contributed by atoms with Crippen molar-refractivity contribution in [2.24, 2.45) is 0 Å². The van der Waals surface area contributed by atoms with Gasteiger partial charge in [0.2, 0.25) is 0 Å². The van der Waals surface area contributed by atoms with E-state index >= 15 is 0 Å². The molecule has 3 aliphatic heterocycles. The number of hydrogen-bond donors (Lipinski definition) is 0. The quantitative estimate of drug-likeness (QED) is 0.169. The largest absolute Gasteiger partial charge is 0.486 e. The van der Waals surface area contributed by atoms with Crippen LogP contribution in [0.1, 0.15) is 5.56 Å². The van der Waals surface area contributed by atoms with Crippen LogP contribution in [0.3, 0.4) is 0 Å². The zero-order valence-corrected chi connectivity index (χ0v) is 30.5. The Morgan fingerprint density at radius 2 is 1.12 bits per heavy atom. The fourth-order valence-corrected chi connectivity index (χ4v) is 9.02. The number of fused-ring (bicyclic) bond motifs is 8. The van der Waals surface area contributed by atoms with Crippen LogP contribution in [-0.2, 0) is 0 Å². The molecule has 0 radical (unpaired) electrons. The second kappa shape index (κ2) is 11.9. The van der Waals surface area contributed by atoms with Gasteiger partial charge in [-0.2, -0.15) is 0 Å². The van der Waals surface area contributed by atoms with E-state index in [0.29, 0.717) is 13.2 Å². The van der Waals surface area contributed by atoms with Gasteiger partial charge in [0, 0.05) is 50.3 Å². The Hall–Kier alpha value is -7.12. The van der Waals surface area contributed by atoms with Crippen molar-refractivity contribution in [2.45, 2.75) is 6.92 Å². The molecule has 6 nitrogen and oxygen atoms in total. The first-order chi connectivity index (χ1) is 27.7. The van der Waals surface area contributed by atoms with E-state index in [1.807, 2.05) is 30.3 Å². The average Bonchev–Trinajstić information content (AvgIpc) is 3.89. The number of benzene rings is 7. The van der Waals surface area contributed by atoms with Crippen molar-refractivity contribution < 1.29 is 18.3 Å². The van der Waals surface area contributed by atoms with Crippen molar-refractivity contribution in [2.75, 3.05) is 23.0 Å². The van der Waals surface area contributed by atoms with E-state index in [1.54, 1.807) is 0 Å². The van der Waals surface area contributed by atoms with Gasteiger partial charge in [0.15, 0.2) is 11.5 Å². The molecule has 9 aromatic rings. The van der Waals surface area contributed by atoms with Crippen LogP contribution in [0.25, 0.3) is 44.6 Å². The molecular formula is C49H33BN2O4. The molecule has 0 fully saturated rings. The molecule has 0 saturated heterocycles. The Labute approximate surface area is 323 Å². The van der Waals surface area contributed by atoms with Crippen LogP contribution in [0.5, 0.6) is 11.5 Å². The topological polar surface area (TPSA) is 51.2 Å². The minimum absolute atomic E-state index is 0.100. The van der Waals surface area contributed by atoms with Crippen LogP contribution in [0.15, 0.2) is 167 Å². The second-order valence-electron chi connectivity index (χ2n) is 14.8. The summed E-state index contributed by atoms with van der Waals surface area (Å²) in [6.07, 6.45) is 0. The predicted molar refractivity (Wildman–Crippen MR) is 227 cm³/mol. The Morgan fingerprint density at radius 3 is 1.86 bits per heavy atom. The summed E-state index contributed by atoms with van der Waals surface area (Å²) in [6.45, 7) is 3.10. The summed E-state index contributed by atoms with van der Waals surface area (Å²) in [4.78, 5) is 4.80. The van der Waals surface area contributed by atoms with Gasteiger partial charge in [-0.1, -0.05) is 66.7 Å². The van der Waals surface area contributed by atoms with Gasteiger partial charge in [-0.3, -0.25) is 0 Å². The van der Waals surface area contributed by atoms with Crippen LogP contribution in [0.4, 0.5) is 34.1 Å². The number of para-hydroxylation sites is 3. The van der Waals surface area contributed by atoms with Crippen LogP contribution in [0.2, 0.25) is 0 Å². The Bertz CT molecular complexity index is 2960. The number of rotatable bonds is 4. The minimum Gasteiger partial charge on any atom is -0.486 e. The van der Waals surface area contributed by atoms with Crippen LogP contribution < -0.4 is 35.7 Å². The van der Waals surface area contributed by atoms with Gasteiger partial charge in [0.1, 0.15) is 35.9 Å². The maximum atomic E-state index is 6.53. The first-order valence-corrected chi connectivity index (χ1v) is 19.1. The van der Waals surface area contributed by atoms with Gasteiger partial charge in [-0.15, -0.1) is 0 Å². The van der Waals surface area contributed by atoms with E-state index < -0.39 is 0 Å². The van der Waals surface area contributed by atoms with Crippen molar-refractivity contribution >= 4 is 79.2 Å². The monoisotopic (exact) mass is 724 g/mol. The van der Waals surface area contributed by atoms with Crippen molar-refractivity contribution in [1.82, 2.24) is 0 Å². The lowest BCUT2D eigenvalue weighted by molar-refractivity contribution is 0.172. The number of nitrogens with zero attached hydrogens (tertiary/aromatic N) is 2. The standard InChI is InChI=1S/C49H33BN2O4/c1-30-25-40-47-41(26-30)52(35-11-3-2-4-12-35)48-37(20-22-44-49(48)54-24-23-53-44)50(47)38-27-34(46-29-33-10-6-8-14-43(33)56-46)17-21-39(38)51(40)36-18-15-31(16-19-36)45-28-32-9-5-7-13-42(32)55-45/h2-22,25-29H,23-24H2,1H3. The van der Waals surface area contributed by atoms with Gasteiger partial charge < -0.3 is 28.1 Å². The fraction of sp³-hybridized carbons (Fsp3) is 0.0612. The van der Waals surface area contributed by atoms with Gasteiger partial charge in [-0.25, -0.2) is 0 Å². The molecule has 0 atom stereocenters. The van der Waals surface area contributed by atoms with E-state index in [2.05, 4.69) is 144 Å². The molecule has 0 N–H and O–H groups in total. The SMILES string of the molecule is Cc1cc2c3c(c1)N(c1ccccc1)c1c(ccc4c1OCCO4)B3c1cc(-c3cc4ccccc4o3)ccc1N2c1ccc(-c2cc3ccccc3o2)cc1. The molecule has 12 rings (SSSR count). The molecule has 0 bridgehead atoms. The average molecular weight is 725 g/mol. The molecule has 0 unspecified atom stereocenters. The molecule has 3 aliphatic rings. The van der Waals surface area contributed by atoms with E-state index in [4.69, 9.17) is 18.3 Å². The van der Waals surface area contributed by atoms with Crippen LogP contribution in [-0.4, -0.2) is 19.9 Å². The molecule has 56 heavy (non-hydrogen) atoms. The summed E-state index contributed by atoms with van der Waals surface area (Å²) in [7, 11) is 0. The summed E-state index contributed by atoms with van der Waals surface area (Å²) >= 11 is 0. The summed E-state index contributed by atoms with van der Waals surface area (Å²) in [5.74, 6) is 3.25. The first-order valence-electron chi connectivity index (χ1n) is 19.1. The molecule has 2 aromatic heterocycles. The Morgan fingerprint density at radius 1 is 0.500 bits per heavy atom. The normalized spacial score (nSPS) is 13.8. The maximum Gasteiger partial charge on any atom is 0.252 e. The third-order valence-corrected chi connectivity index (χ3v) is 11.4.